The summed E-state index contributed by atoms with van der Waals surface area (Å²) >= 11 is 7.64. The van der Waals surface area contributed by atoms with Gasteiger partial charge in [0.1, 0.15) is 5.01 Å². The maximum atomic E-state index is 12.5. The number of carbonyl (C=O) groups is 1. The molecule has 6 nitrogen and oxygen atoms in total. The van der Waals surface area contributed by atoms with Gasteiger partial charge in [-0.2, -0.15) is 0 Å². The Morgan fingerprint density at radius 3 is 2.44 bits per heavy atom. The third-order valence-corrected chi connectivity index (χ3v) is 7.10. The van der Waals surface area contributed by atoms with E-state index in [9.17, 15) is 13.2 Å². The summed E-state index contributed by atoms with van der Waals surface area (Å²) in [6, 6.07) is 22.0. The second-order valence-corrected chi connectivity index (χ2v) is 9.80. The van der Waals surface area contributed by atoms with Crippen LogP contribution in [0.25, 0.3) is 10.6 Å². The lowest BCUT2D eigenvalue weighted by molar-refractivity contribution is -0.115. The molecule has 0 bridgehead atoms. The molecule has 0 saturated carbocycles. The molecule has 9 heteroatoms. The van der Waals surface area contributed by atoms with Crippen molar-refractivity contribution in [2.75, 3.05) is 10.0 Å². The first kappa shape index (κ1) is 22.0. The maximum Gasteiger partial charge on any atom is 0.261 e. The average Bonchev–Trinajstić information content (AvgIpc) is 3.22. The van der Waals surface area contributed by atoms with E-state index in [1.807, 2.05) is 23.6 Å². The topological polar surface area (TPSA) is 88.2 Å². The Kier molecular flexibility index (Phi) is 6.55. The average molecular weight is 484 g/mol. The highest BCUT2D eigenvalue weighted by Gasteiger charge is 2.15. The van der Waals surface area contributed by atoms with Gasteiger partial charge in [-0.25, -0.2) is 13.4 Å². The van der Waals surface area contributed by atoms with Crippen LogP contribution in [0.4, 0.5) is 11.4 Å². The predicted molar refractivity (Wildman–Crippen MR) is 129 cm³/mol. The minimum Gasteiger partial charge on any atom is -0.326 e. The first-order valence-electron chi connectivity index (χ1n) is 9.58. The number of carbonyl (C=O) groups excluding carboxylic acids is 1. The number of thiazole rings is 1. The van der Waals surface area contributed by atoms with Gasteiger partial charge < -0.3 is 5.32 Å². The van der Waals surface area contributed by atoms with Gasteiger partial charge in [0.25, 0.3) is 10.0 Å². The fraction of sp³-hybridized carbons (Fsp3) is 0.0435. The molecule has 0 saturated heterocycles. The van der Waals surface area contributed by atoms with E-state index in [0.29, 0.717) is 22.1 Å². The first-order valence-corrected chi connectivity index (χ1v) is 12.3. The quantitative estimate of drug-likeness (QED) is 0.366. The number of rotatable bonds is 7. The van der Waals surface area contributed by atoms with E-state index in [2.05, 4.69) is 15.0 Å². The zero-order valence-electron chi connectivity index (χ0n) is 16.7. The van der Waals surface area contributed by atoms with Crippen LogP contribution in [0.2, 0.25) is 5.02 Å². The van der Waals surface area contributed by atoms with E-state index in [0.717, 1.165) is 10.6 Å². The summed E-state index contributed by atoms with van der Waals surface area (Å²) in [4.78, 5) is 17.2. The summed E-state index contributed by atoms with van der Waals surface area (Å²) in [5.74, 6) is -0.260. The zero-order valence-corrected chi connectivity index (χ0v) is 19.0. The zero-order chi connectivity index (χ0) is 22.6. The Hall–Kier alpha value is -3.20. The maximum absolute atomic E-state index is 12.5. The molecular weight excluding hydrogens is 466 g/mol. The fourth-order valence-electron chi connectivity index (χ4n) is 2.99. The number of hydrogen-bond acceptors (Lipinski definition) is 5. The van der Waals surface area contributed by atoms with E-state index < -0.39 is 10.0 Å². The Labute approximate surface area is 195 Å². The summed E-state index contributed by atoms with van der Waals surface area (Å²) in [7, 11) is -3.72. The lowest BCUT2D eigenvalue weighted by Crippen LogP contribution is -2.16. The number of nitrogens with one attached hydrogen (secondary N) is 2. The Morgan fingerprint density at radius 1 is 0.938 bits per heavy atom. The Morgan fingerprint density at radius 2 is 1.66 bits per heavy atom. The number of nitrogens with zero attached hydrogens (tertiary/aromatic N) is 1. The lowest BCUT2D eigenvalue weighted by Gasteiger charge is -2.10. The van der Waals surface area contributed by atoms with Crippen LogP contribution in [-0.2, 0) is 21.2 Å². The van der Waals surface area contributed by atoms with E-state index in [1.54, 1.807) is 48.5 Å². The summed E-state index contributed by atoms with van der Waals surface area (Å²) in [5.41, 5.74) is 2.28. The second-order valence-electron chi connectivity index (χ2n) is 6.85. The highest BCUT2D eigenvalue weighted by molar-refractivity contribution is 7.92. The van der Waals surface area contributed by atoms with Gasteiger partial charge in [-0.1, -0.05) is 54.1 Å². The van der Waals surface area contributed by atoms with Gasteiger partial charge in [0.15, 0.2) is 0 Å². The summed E-state index contributed by atoms with van der Waals surface area (Å²) < 4.78 is 27.5. The fourth-order valence-corrected chi connectivity index (χ4v) is 5.20. The van der Waals surface area contributed by atoms with Crippen molar-refractivity contribution >= 4 is 50.2 Å². The SMILES string of the molecule is O=C(Cc1csc(-c2ccccc2Cl)n1)Nc1cccc(NS(=O)(=O)c2ccccc2)c1. The molecule has 0 atom stereocenters. The molecule has 1 amide bonds. The lowest BCUT2D eigenvalue weighted by atomic mass is 10.2. The molecule has 0 unspecified atom stereocenters. The molecule has 32 heavy (non-hydrogen) atoms. The van der Waals surface area contributed by atoms with Crippen LogP contribution in [0.15, 0.2) is 89.1 Å². The molecule has 162 valence electrons. The number of anilines is 2. The smallest absolute Gasteiger partial charge is 0.261 e. The van der Waals surface area contributed by atoms with E-state index >= 15 is 0 Å². The normalized spacial score (nSPS) is 11.2. The van der Waals surface area contributed by atoms with Gasteiger partial charge in [-0.05, 0) is 36.4 Å². The van der Waals surface area contributed by atoms with Gasteiger partial charge in [0.2, 0.25) is 5.91 Å². The standard InChI is InChI=1S/C23H18ClN3O3S2/c24-21-12-5-4-11-20(21)23-26-18(15-31-23)14-22(28)25-16-7-6-8-17(13-16)27-32(29,30)19-9-2-1-3-10-19/h1-13,15,27H,14H2,(H,25,28). The molecule has 2 N–H and O–H groups in total. The van der Waals surface area contributed by atoms with Gasteiger partial charge in [-0.3, -0.25) is 9.52 Å². The molecule has 0 aliphatic rings. The minimum absolute atomic E-state index is 0.0842. The van der Waals surface area contributed by atoms with Crippen LogP contribution >= 0.6 is 22.9 Å². The van der Waals surface area contributed by atoms with Crippen LogP contribution in [0.1, 0.15) is 5.69 Å². The van der Waals surface area contributed by atoms with E-state index in [4.69, 9.17) is 11.6 Å². The molecule has 1 heterocycles. The molecule has 4 aromatic rings. The third kappa shape index (κ3) is 5.34. The van der Waals surface area contributed by atoms with E-state index in [-0.39, 0.29) is 17.2 Å². The summed E-state index contributed by atoms with van der Waals surface area (Å²) in [5, 5.41) is 5.95. The van der Waals surface area contributed by atoms with Crippen molar-refractivity contribution in [1.29, 1.82) is 0 Å². The highest BCUT2D eigenvalue weighted by Crippen LogP contribution is 2.30. The van der Waals surface area contributed by atoms with Crippen LogP contribution in [0, 0.1) is 0 Å². The van der Waals surface area contributed by atoms with Crippen molar-refractivity contribution in [2.45, 2.75) is 11.3 Å². The van der Waals surface area contributed by atoms with Crippen molar-refractivity contribution in [3.05, 3.63) is 95.0 Å². The molecule has 0 fully saturated rings. The van der Waals surface area contributed by atoms with Crippen LogP contribution < -0.4 is 10.0 Å². The number of aromatic nitrogens is 1. The Bertz CT molecular complexity index is 1360. The van der Waals surface area contributed by atoms with Crippen molar-refractivity contribution in [3.8, 4) is 10.6 Å². The molecule has 0 aliphatic carbocycles. The molecule has 4 rings (SSSR count). The van der Waals surface area contributed by atoms with Crippen LogP contribution in [-0.4, -0.2) is 19.3 Å². The third-order valence-electron chi connectivity index (χ3n) is 4.45. The van der Waals surface area contributed by atoms with Crippen LogP contribution in [0.3, 0.4) is 0 Å². The monoisotopic (exact) mass is 483 g/mol. The van der Waals surface area contributed by atoms with Gasteiger partial charge in [0, 0.05) is 16.6 Å². The number of sulfonamides is 1. The van der Waals surface area contributed by atoms with Gasteiger partial charge in [0.05, 0.1) is 27.7 Å². The van der Waals surface area contributed by atoms with E-state index in [1.165, 1.54) is 23.5 Å². The van der Waals surface area contributed by atoms with Crippen molar-refractivity contribution in [3.63, 3.8) is 0 Å². The highest BCUT2D eigenvalue weighted by atomic mass is 35.5. The largest absolute Gasteiger partial charge is 0.326 e. The number of amides is 1. The van der Waals surface area contributed by atoms with Crippen molar-refractivity contribution in [1.82, 2.24) is 4.98 Å². The summed E-state index contributed by atoms with van der Waals surface area (Å²) in [6.07, 6.45) is 0.0842. The van der Waals surface area contributed by atoms with Crippen molar-refractivity contribution in [2.24, 2.45) is 0 Å². The molecule has 0 aliphatic heterocycles. The Balaban J connectivity index is 1.42. The molecule has 0 spiro atoms. The number of halogens is 1. The molecule has 1 aromatic heterocycles. The van der Waals surface area contributed by atoms with Gasteiger partial charge >= 0.3 is 0 Å². The number of hydrogen-bond donors (Lipinski definition) is 2. The minimum atomic E-state index is -3.72. The van der Waals surface area contributed by atoms with Gasteiger partial charge in [-0.15, -0.1) is 11.3 Å². The second kappa shape index (κ2) is 9.52. The van der Waals surface area contributed by atoms with Crippen molar-refractivity contribution < 1.29 is 13.2 Å². The first-order chi connectivity index (χ1) is 15.4. The molecule has 3 aromatic carbocycles. The predicted octanol–water partition coefficient (Wildman–Crippen LogP) is 5.45. The summed E-state index contributed by atoms with van der Waals surface area (Å²) in [6.45, 7) is 0. The van der Waals surface area contributed by atoms with Crippen LogP contribution in [0.5, 0.6) is 0 Å². The molecular formula is C23H18ClN3O3S2. The number of benzene rings is 3. The molecule has 0 radical (unpaired) electrons.